The largest absolute Gasteiger partial charge is 0.363 e. The van der Waals surface area contributed by atoms with Gasteiger partial charge < -0.3 is 36.3 Å². The van der Waals surface area contributed by atoms with Crippen molar-refractivity contribution in [3.8, 4) is 0 Å². The second-order valence-corrected chi connectivity index (χ2v) is 17.6. The lowest BCUT2D eigenvalue weighted by molar-refractivity contribution is -0.140. The Bertz CT molecular complexity index is 1650. The van der Waals surface area contributed by atoms with E-state index in [1.54, 1.807) is 4.90 Å². The molecule has 2 heterocycles. The van der Waals surface area contributed by atoms with Crippen LogP contribution in [0.4, 0.5) is 0 Å². The minimum Gasteiger partial charge on any atom is -0.363 e. The first kappa shape index (κ1) is 45.9. The Labute approximate surface area is 337 Å². The molecule has 8 atom stereocenters. The van der Waals surface area contributed by atoms with Crippen molar-refractivity contribution in [3.05, 3.63) is 47.5 Å². The van der Waals surface area contributed by atoms with Gasteiger partial charge in [-0.3, -0.25) is 34.0 Å². The first-order valence-electron chi connectivity index (χ1n) is 19.3. The number of benzene rings is 1. The number of fused-ring (bicyclic) bond motifs is 1. The van der Waals surface area contributed by atoms with Crippen LogP contribution in [-0.2, 0) is 28.8 Å². The predicted octanol–water partition coefficient (Wildman–Crippen LogP) is 3.15. The van der Waals surface area contributed by atoms with Gasteiger partial charge in [-0.05, 0) is 40.1 Å². The summed E-state index contributed by atoms with van der Waals surface area (Å²) in [5, 5.41) is 16.4. The van der Waals surface area contributed by atoms with Gasteiger partial charge in [0.2, 0.25) is 29.5 Å². The molecule has 0 aromatic heterocycles. The summed E-state index contributed by atoms with van der Waals surface area (Å²) in [5.74, 6) is -2.90. The third-order valence-electron chi connectivity index (χ3n) is 10.2. The van der Waals surface area contributed by atoms with E-state index in [1.807, 2.05) is 99.6 Å². The van der Waals surface area contributed by atoms with Crippen molar-refractivity contribution in [2.24, 2.45) is 32.7 Å². The topological polar surface area (TPSA) is 191 Å². The zero-order valence-electron chi connectivity index (χ0n) is 34.5. The molecular formula is C41H62N8O6S. The molecule has 5 amide bonds. The molecule has 56 heavy (non-hydrogen) atoms. The molecule has 15 heteroatoms. The quantitative estimate of drug-likeness (QED) is 0.106. The first-order valence-corrected chi connectivity index (χ1v) is 19.9. The van der Waals surface area contributed by atoms with Crippen LogP contribution >= 0.6 is 12.6 Å². The number of amides is 5. The number of carbonyl (C=O) groups excluding carboxylic acids is 6. The molecule has 2 aliphatic heterocycles. The van der Waals surface area contributed by atoms with E-state index in [9.17, 15) is 28.8 Å². The highest BCUT2D eigenvalue weighted by atomic mass is 32.1. The van der Waals surface area contributed by atoms with Gasteiger partial charge in [0.1, 0.15) is 36.3 Å². The zero-order chi connectivity index (χ0) is 42.0. The van der Waals surface area contributed by atoms with Crippen LogP contribution < -0.4 is 26.6 Å². The Hall–Kier alpha value is -4.53. The minimum atomic E-state index is -1.12. The number of nitrogens with zero attached hydrogens (tertiary/aromatic N) is 3. The van der Waals surface area contributed by atoms with Crippen molar-refractivity contribution >= 4 is 60.5 Å². The van der Waals surface area contributed by atoms with Crippen molar-refractivity contribution in [3.63, 3.8) is 0 Å². The summed E-state index contributed by atoms with van der Waals surface area (Å²) in [5.41, 5.74) is -0.724. The van der Waals surface area contributed by atoms with Gasteiger partial charge in [0.05, 0.1) is 18.6 Å². The molecule has 2 aliphatic rings. The number of hydrogen-bond acceptors (Lipinski definition) is 9. The maximum atomic E-state index is 14.6. The van der Waals surface area contributed by atoms with Crippen LogP contribution in [0.5, 0.6) is 0 Å². The standard InChI is InChI=1S/C41H62N8O6S/c1-24(2)30-36(52)48-33(40(5,6)7)35(43-23-29(51)49-19-16-25(3)32(49)38(54)45-30)47-34(41(8,9)10)39(55)46-31(26(4)27-14-12-11-13-15-27)37(53)44-28(17-20-50)22-42-18-21-56/h11-15,18,20-22,24-26,28,30-34,56H,16-17,19,23H2,1-10H3,(H,43,47)(H,44,53)(H,45,54)(H,46,55)(H,48,52)/b21-18-,42-22+/t25-,26+,28-,30+,31?,32+,33?,34?/m1/s1. The summed E-state index contributed by atoms with van der Waals surface area (Å²) in [6.45, 7) is 18.8. The number of amidine groups is 1. The molecule has 3 rings (SSSR count). The van der Waals surface area contributed by atoms with E-state index in [2.05, 4.69) is 44.2 Å². The zero-order valence-corrected chi connectivity index (χ0v) is 35.4. The molecule has 14 nitrogen and oxygen atoms in total. The van der Waals surface area contributed by atoms with Crippen molar-refractivity contribution in [2.75, 3.05) is 13.1 Å². The summed E-state index contributed by atoms with van der Waals surface area (Å²) < 4.78 is 0. The van der Waals surface area contributed by atoms with Crippen LogP contribution in [0, 0.1) is 22.7 Å². The summed E-state index contributed by atoms with van der Waals surface area (Å²) in [7, 11) is 0. The third kappa shape index (κ3) is 12.2. The van der Waals surface area contributed by atoms with Crippen LogP contribution in [-0.4, -0.2) is 102 Å². The van der Waals surface area contributed by atoms with E-state index in [0.717, 1.165) is 5.56 Å². The van der Waals surface area contributed by atoms with Gasteiger partial charge in [0, 0.05) is 31.3 Å². The maximum absolute atomic E-state index is 14.6. The number of hydrogen-bond donors (Lipinski definition) is 6. The summed E-state index contributed by atoms with van der Waals surface area (Å²) in [6.07, 6.45) is 4.09. The van der Waals surface area contributed by atoms with E-state index in [0.29, 0.717) is 19.3 Å². The lowest BCUT2D eigenvalue weighted by Crippen LogP contribution is -2.63. The molecule has 308 valence electrons. The van der Waals surface area contributed by atoms with Crippen LogP contribution in [0.2, 0.25) is 0 Å². The first-order chi connectivity index (χ1) is 26.2. The Balaban J connectivity index is 2.14. The molecule has 0 aliphatic carbocycles. The predicted molar refractivity (Wildman–Crippen MR) is 222 cm³/mol. The van der Waals surface area contributed by atoms with Gasteiger partial charge in [0.25, 0.3) is 0 Å². The van der Waals surface area contributed by atoms with Gasteiger partial charge >= 0.3 is 0 Å². The highest BCUT2D eigenvalue weighted by Gasteiger charge is 2.44. The third-order valence-corrected chi connectivity index (χ3v) is 10.4. The molecule has 0 bridgehead atoms. The smallest absolute Gasteiger partial charge is 0.246 e. The van der Waals surface area contributed by atoms with Crippen LogP contribution in [0.3, 0.4) is 0 Å². The monoisotopic (exact) mass is 794 g/mol. The fourth-order valence-electron chi connectivity index (χ4n) is 6.93. The molecular weight excluding hydrogens is 733 g/mol. The van der Waals surface area contributed by atoms with Crippen molar-refractivity contribution < 1.29 is 28.8 Å². The fraction of sp³-hybridized carbons (Fsp3) is 0.610. The lowest BCUT2D eigenvalue weighted by Gasteiger charge is -2.38. The molecule has 2 saturated heterocycles. The highest BCUT2D eigenvalue weighted by Crippen LogP contribution is 2.29. The molecule has 2 fully saturated rings. The van der Waals surface area contributed by atoms with Crippen molar-refractivity contribution in [1.82, 2.24) is 31.5 Å². The van der Waals surface area contributed by atoms with Crippen LogP contribution in [0.1, 0.15) is 93.6 Å². The number of aldehydes is 1. The van der Waals surface area contributed by atoms with E-state index in [4.69, 9.17) is 4.99 Å². The van der Waals surface area contributed by atoms with E-state index in [1.165, 1.54) is 17.8 Å². The van der Waals surface area contributed by atoms with Crippen LogP contribution in [0.25, 0.3) is 0 Å². The Morgan fingerprint density at radius 2 is 1.64 bits per heavy atom. The average Bonchev–Trinajstić information content (AvgIpc) is 3.51. The van der Waals surface area contributed by atoms with Crippen molar-refractivity contribution in [2.45, 2.75) is 124 Å². The van der Waals surface area contributed by atoms with Gasteiger partial charge in [-0.1, -0.05) is 99.6 Å². The SMILES string of the molecule is CC(C)[C@@H]1NC(=O)[C@@H]2[C@H](C)CCN2C(=O)CN/C(=N\C(C(=O)NC(C(=O)N[C@@H](/C=N/C=C\S)CC=O)[C@@H](C)c2ccccc2)C(C)(C)C)C(C(C)(C)C)NC1=O. The van der Waals surface area contributed by atoms with E-state index in [-0.39, 0.29) is 42.5 Å². The fourth-order valence-corrected chi connectivity index (χ4v) is 7.00. The Morgan fingerprint density at radius 3 is 2.21 bits per heavy atom. The summed E-state index contributed by atoms with van der Waals surface area (Å²) >= 11 is 4.00. The Kier molecular flexibility index (Phi) is 16.4. The number of rotatable bonds is 12. The summed E-state index contributed by atoms with van der Waals surface area (Å²) in [6, 6.07) is 3.81. The molecule has 0 saturated carbocycles. The molecule has 1 aromatic carbocycles. The number of carbonyl (C=O) groups is 6. The maximum Gasteiger partial charge on any atom is 0.246 e. The summed E-state index contributed by atoms with van der Waals surface area (Å²) in [4.78, 5) is 92.4. The number of thiol groups is 1. The lowest BCUT2D eigenvalue weighted by atomic mass is 9.83. The highest BCUT2D eigenvalue weighted by molar-refractivity contribution is 7.83. The number of nitrogens with one attached hydrogen (secondary N) is 5. The molecule has 3 unspecified atom stereocenters. The second kappa shape index (κ2) is 20.1. The second-order valence-electron chi connectivity index (χ2n) is 17.3. The van der Waals surface area contributed by atoms with E-state index >= 15 is 0 Å². The van der Waals surface area contributed by atoms with Gasteiger partial charge in [0.15, 0.2) is 0 Å². The molecule has 5 N–H and O–H groups in total. The Morgan fingerprint density at radius 1 is 0.982 bits per heavy atom. The van der Waals surface area contributed by atoms with Crippen LogP contribution in [0.15, 0.2) is 51.9 Å². The normalized spacial score (nSPS) is 24.3. The average molecular weight is 795 g/mol. The van der Waals surface area contributed by atoms with E-state index < -0.39 is 70.7 Å². The number of aliphatic imine (C=N–C) groups is 2. The molecule has 0 radical (unpaired) electrons. The molecule has 0 spiro atoms. The van der Waals surface area contributed by atoms with Gasteiger partial charge in [-0.25, -0.2) is 0 Å². The van der Waals surface area contributed by atoms with Gasteiger partial charge in [-0.2, -0.15) is 0 Å². The minimum absolute atomic E-state index is 0.0446. The molecule has 1 aromatic rings. The van der Waals surface area contributed by atoms with Gasteiger partial charge in [-0.15, -0.1) is 12.6 Å². The van der Waals surface area contributed by atoms with Crippen molar-refractivity contribution in [1.29, 1.82) is 0 Å².